The van der Waals surface area contributed by atoms with Gasteiger partial charge in [0, 0.05) is 22.7 Å². The lowest BCUT2D eigenvalue weighted by Gasteiger charge is -2.11. The van der Waals surface area contributed by atoms with Gasteiger partial charge < -0.3 is 24.5 Å². The third-order valence-electron chi connectivity index (χ3n) is 5.07. The molecule has 0 spiro atoms. The Morgan fingerprint density at radius 3 is 2.28 bits per heavy atom. The molecule has 0 bridgehead atoms. The van der Waals surface area contributed by atoms with E-state index in [4.69, 9.17) is 13.9 Å². The molecule has 0 fully saturated rings. The molecule has 2 amide bonds. The van der Waals surface area contributed by atoms with Crippen molar-refractivity contribution in [3.63, 3.8) is 0 Å². The zero-order chi connectivity index (χ0) is 22.7. The first-order valence-electron chi connectivity index (χ1n) is 9.93. The maximum absolute atomic E-state index is 13.1. The van der Waals surface area contributed by atoms with Crippen LogP contribution in [0.15, 0.2) is 71.1 Å². The van der Waals surface area contributed by atoms with Crippen molar-refractivity contribution in [2.24, 2.45) is 0 Å². The molecule has 2 N–H and O–H groups in total. The summed E-state index contributed by atoms with van der Waals surface area (Å²) in [5.41, 5.74) is 2.64. The van der Waals surface area contributed by atoms with E-state index in [2.05, 4.69) is 10.6 Å². The third-order valence-corrected chi connectivity index (χ3v) is 5.07. The summed E-state index contributed by atoms with van der Waals surface area (Å²) in [5, 5.41) is 6.28. The molecule has 0 unspecified atom stereocenters. The van der Waals surface area contributed by atoms with E-state index in [1.165, 1.54) is 14.2 Å². The molecular formula is C25H22N2O5. The van der Waals surface area contributed by atoms with Crippen molar-refractivity contribution in [1.29, 1.82) is 0 Å². The van der Waals surface area contributed by atoms with Gasteiger partial charge >= 0.3 is 0 Å². The van der Waals surface area contributed by atoms with Crippen LogP contribution in [0.5, 0.6) is 11.5 Å². The summed E-state index contributed by atoms with van der Waals surface area (Å²) in [6.07, 6.45) is 0. The average Bonchev–Trinajstić information content (AvgIpc) is 3.17. The predicted molar refractivity (Wildman–Crippen MR) is 123 cm³/mol. The highest BCUT2D eigenvalue weighted by atomic mass is 16.5. The van der Waals surface area contributed by atoms with Crippen LogP contribution in [0.2, 0.25) is 0 Å². The normalized spacial score (nSPS) is 10.6. The summed E-state index contributed by atoms with van der Waals surface area (Å²) in [4.78, 5) is 26.1. The summed E-state index contributed by atoms with van der Waals surface area (Å²) in [6.45, 7) is 1.85. The van der Waals surface area contributed by atoms with Crippen LogP contribution in [0, 0.1) is 6.92 Å². The van der Waals surface area contributed by atoms with Gasteiger partial charge in [-0.1, -0.05) is 30.3 Å². The van der Waals surface area contributed by atoms with Gasteiger partial charge in [0.25, 0.3) is 11.8 Å². The first-order valence-corrected chi connectivity index (χ1v) is 9.93. The number of ether oxygens (including phenoxy) is 2. The van der Waals surface area contributed by atoms with Crippen LogP contribution >= 0.6 is 0 Å². The lowest BCUT2D eigenvalue weighted by Crippen LogP contribution is -2.18. The number of rotatable bonds is 6. The predicted octanol–water partition coefficient (Wildman–Crippen LogP) is 5.26. The molecule has 0 atom stereocenters. The number of methoxy groups -OCH3 is 2. The van der Waals surface area contributed by atoms with Crippen LogP contribution in [-0.4, -0.2) is 26.0 Å². The number of hydrogen-bond acceptors (Lipinski definition) is 5. The molecular weight excluding hydrogens is 408 g/mol. The molecule has 0 radical (unpaired) electrons. The van der Waals surface area contributed by atoms with Gasteiger partial charge in [0.15, 0.2) is 11.5 Å². The molecule has 7 heteroatoms. The van der Waals surface area contributed by atoms with Crippen LogP contribution in [0.25, 0.3) is 11.0 Å². The minimum Gasteiger partial charge on any atom is -0.493 e. The zero-order valence-corrected chi connectivity index (χ0v) is 17.9. The number of anilines is 2. The summed E-state index contributed by atoms with van der Waals surface area (Å²) in [6, 6.07) is 19.4. The summed E-state index contributed by atoms with van der Waals surface area (Å²) in [7, 11) is 3.05. The highest BCUT2D eigenvalue weighted by Crippen LogP contribution is 2.33. The van der Waals surface area contributed by atoms with E-state index in [9.17, 15) is 9.59 Å². The molecule has 0 aliphatic rings. The standard InChI is InChI=1S/C25H22N2O5/c1-15-8-4-5-9-17(15)24(28)27-22-18-10-6-7-11-19(18)32-23(22)25(29)26-16-12-13-20(30-2)21(14-16)31-3/h4-14H,1-3H3,(H,26,29)(H,27,28). The maximum atomic E-state index is 13.1. The summed E-state index contributed by atoms with van der Waals surface area (Å²) in [5.74, 6) is 0.189. The lowest BCUT2D eigenvalue weighted by molar-refractivity contribution is 0.0999. The minimum absolute atomic E-state index is 0.00270. The molecule has 4 rings (SSSR count). The number of nitrogens with one attached hydrogen (secondary N) is 2. The molecule has 1 aromatic heterocycles. The van der Waals surface area contributed by atoms with Crippen LogP contribution in [-0.2, 0) is 0 Å². The molecule has 4 aromatic rings. The Balaban J connectivity index is 1.69. The fourth-order valence-electron chi connectivity index (χ4n) is 3.44. The molecule has 32 heavy (non-hydrogen) atoms. The Hall–Kier alpha value is -4.26. The first-order chi connectivity index (χ1) is 15.5. The number of aryl methyl sites for hydroxylation is 1. The number of hydrogen-bond donors (Lipinski definition) is 2. The molecule has 162 valence electrons. The quantitative estimate of drug-likeness (QED) is 0.435. The highest BCUT2D eigenvalue weighted by Gasteiger charge is 2.23. The number of fused-ring (bicyclic) bond motifs is 1. The van der Waals surface area contributed by atoms with Crippen LogP contribution in [0.4, 0.5) is 11.4 Å². The third kappa shape index (κ3) is 4.00. The van der Waals surface area contributed by atoms with Gasteiger partial charge in [-0.05, 0) is 42.8 Å². The molecule has 0 saturated heterocycles. The van der Waals surface area contributed by atoms with Crippen molar-refractivity contribution in [2.75, 3.05) is 24.9 Å². The number of amides is 2. The second-order valence-corrected chi connectivity index (χ2v) is 7.10. The van der Waals surface area contributed by atoms with E-state index in [-0.39, 0.29) is 11.7 Å². The number of furan rings is 1. The van der Waals surface area contributed by atoms with Gasteiger partial charge in [0.2, 0.25) is 5.76 Å². The van der Waals surface area contributed by atoms with E-state index in [1.54, 1.807) is 48.5 Å². The van der Waals surface area contributed by atoms with Gasteiger partial charge in [-0.3, -0.25) is 9.59 Å². The monoisotopic (exact) mass is 430 g/mol. The molecule has 0 aliphatic heterocycles. The van der Waals surface area contributed by atoms with Crippen molar-refractivity contribution in [3.05, 3.63) is 83.6 Å². The fourth-order valence-corrected chi connectivity index (χ4v) is 3.44. The van der Waals surface area contributed by atoms with Gasteiger partial charge in [-0.25, -0.2) is 0 Å². The van der Waals surface area contributed by atoms with E-state index in [0.717, 1.165) is 5.56 Å². The number of benzene rings is 3. The van der Waals surface area contributed by atoms with Gasteiger partial charge in [-0.15, -0.1) is 0 Å². The smallest absolute Gasteiger partial charge is 0.293 e. The van der Waals surface area contributed by atoms with Crippen LogP contribution in [0.3, 0.4) is 0 Å². The Morgan fingerprint density at radius 2 is 1.53 bits per heavy atom. The second kappa shape index (κ2) is 8.85. The molecule has 0 aliphatic carbocycles. The van der Waals surface area contributed by atoms with E-state index in [1.807, 2.05) is 25.1 Å². The van der Waals surface area contributed by atoms with E-state index in [0.29, 0.717) is 39.4 Å². The van der Waals surface area contributed by atoms with Gasteiger partial charge in [0.1, 0.15) is 11.3 Å². The van der Waals surface area contributed by atoms with E-state index >= 15 is 0 Å². The fraction of sp³-hybridized carbons (Fsp3) is 0.120. The van der Waals surface area contributed by atoms with Crippen LogP contribution in [0.1, 0.15) is 26.5 Å². The van der Waals surface area contributed by atoms with Crippen molar-refractivity contribution >= 4 is 34.2 Å². The van der Waals surface area contributed by atoms with Crippen molar-refractivity contribution < 1.29 is 23.5 Å². The van der Waals surface area contributed by atoms with E-state index < -0.39 is 5.91 Å². The lowest BCUT2D eigenvalue weighted by atomic mass is 10.1. The SMILES string of the molecule is COc1ccc(NC(=O)c2oc3ccccc3c2NC(=O)c2ccccc2C)cc1OC. The van der Waals surface area contributed by atoms with Gasteiger partial charge in [0.05, 0.1) is 14.2 Å². The Bertz CT molecular complexity index is 1310. The second-order valence-electron chi connectivity index (χ2n) is 7.10. The maximum Gasteiger partial charge on any atom is 0.293 e. The molecule has 7 nitrogen and oxygen atoms in total. The summed E-state index contributed by atoms with van der Waals surface area (Å²) < 4.78 is 16.3. The van der Waals surface area contributed by atoms with Gasteiger partial charge in [-0.2, -0.15) is 0 Å². The largest absolute Gasteiger partial charge is 0.493 e. The minimum atomic E-state index is -0.506. The number of carbonyl (C=O) groups is 2. The zero-order valence-electron chi connectivity index (χ0n) is 17.9. The molecule has 0 saturated carbocycles. The number of carbonyl (C=O) groups excluding carboxylic acids is 2. The Kier molecular flexibility index (Phi) is 5.81. The Morgan fingerprint density at radius 1 is 0.812 bits per heavy atom. The highest BCUT2D eigenvalue weighted by molar-refractivity contribution is 6.17. The Labute approximate surface area is 184 Å². The average molecular weight is 430 g/mol. The van der Waals surface area contributed by atoms with Crippen molar-refractivity contribution in [1.82, 2.24) is 0 Å². The van der Waals surface area contributed by atoms with Crippen molar-refractivity contribution in [2.45, 2.75) is 6.92 Å². The van der Waals surface area contributed by atoms with Crippen molar-refractivity contribution in [3.8, 4) is 11.5 Å². The number of para-hydroxylation sites is 1. The molecule has 1 heterocycles. The molecule has 3 aromatic carbocycles. The topological polar surface area (TPSA) is 89.8 Å². The summed E-state index contributed by atoms with van der Waals surface area (Å²) >= 11 is 0. The first kappa shape index (κ1) is 21.0. The van der Waals surface area contributed by atoms with Crippen LogP contribution < -0.4 is 20.1 Å².